The Morgan fingerprint density at radius 1 is 1.07 bits per heavy atom. The standard InChI is InChI=1S/C36H40FN5O4/c1-3-24-10-8-11-25-18-27(46-23-44-2)19-28(30(24)25)32-31(37)33-29(20-38-32)34(41-15-6-4-5-7-16-41)40-35(39-33)45-22-36-13-9-17-42(36)26(21-43)12-14-36/h1,8,10-11,18-20,26,43H,4-7,9,12-17,21-23H2,2H3/t26-,36?/m1/s1. The number of hydrogen-bond donors (Lipinski definition) is 1. The third-order valence-corrected chi connectivity index (χ3v) is 9.97. The molecule has 46 heavy (non-hydrogen) atoms. The van der Waals surface area contributed by atoms with Gasteiger partial charge in [-0.25, -0.2) is 4.39 Å². The van der Waals surface area contributed by atoms with Crippen molar-refractivity contribution < 1.29 is 23.7 Å². The molecule has 2 atom stereocenters. The van der Waals surface area contributed by atoms with E-state index in [1.807, 2.05) is 24.3 Å². The zero-order valence-corrected chi connectivity index (χ0v) is 26.3. The molecule has 7 rings (SSSR count). The van der Waals surface area contributed by atoms with E-state index in [4.69, 9.17) is 35.6 Å². The largest absolute Gasteiger partial charge is 0.468 e. The van der Waals surface area contributed by atoms with Crippen LogP contribution >= 0.6 is 0 Å². The van der Waals surface area contributed by atoms with Gasteiger partial charge in [-0.15, -0.1) is 6.42 Å². The molecule has 9 nitrogen and oxygen atoms in total. The number of methoxy groups -OCH3 is 1. The fourth-order valence-corrected chi connectivity index (χ4v) is 7.72. The minimum atomic E-state index is -0.570. The lowest BCUT2D eigenvalue weighted by atomic mass is 9.95. The third kappa shape index (κ3) is 5.51. The lowest BCUT2D eigenvalue weighted by molar-refractivity contribution is 0.0512. The molecule has 1 unspecified atom stereocenters. The Morgan fingerprint density at radius 2 is 1.91 bits per heavy atom. The number of pyridine rings is 1. The number of anilines is 1. The summed E-state index contributed by atoms with van der Waals surface area (Å²) in [6.45, 7) is 3.15. The van der Waals surface area contributed by atoms with Crippen molar-refractivity contribution in [2.75, 3.05) is 51.7 Å². The molecular formula is C36H40FN5O4. The minimum absolute atomic E-state index is 0.0402. The number of aliphatic hydroxyl groups excluding tert-OH is 1. The molecule has 3 saturated heterocycles. The second-order valence-corrected chi connectivity index (χ2v) is 12.7. The van der Waals surface area contributed by atoms with Crippen LogP contribution in [0.25, 0.3) is 32.9 Å². The Morgan fingerprint density at radius 3 is 2.70 bits per heavy atom. The molecule has 0 bridgehead atoms. The van der Waals surface area contributed by atoms with Gasteiger partial charge in [0.15, 0.2) is 12.6 Å². The first-order chi connectivity index (χ1) is 22.5. The quantitative estimate of drug-likeness (QED) is 0.186. The van der Waals surface area contributed by atoms with Crippen LogP contribution in [0.2, 0.25) is 0 Å². The van der Waals surface area contributed by atoms with Crippen LogP contribution in [0.5, 0.6) is 11.8 Å². The van der Waals surface area contributed by atoms with E-state index in [-0.39, 0.29) is 42.2 Å². The van der Waals surface area contributed by atoms with Crippen LogP contribution < -0.4 is 14.4 Å². The maximum Gasteiger partial charge on any atom is 0.319 e. The summed E-state index contributed by atoms with van der Waals surface area (Å²) in [4.78, 5) is 18.9. The van der Waals surface area contributed by atoms with Crippen molar-refractivity contribution in [3.8, 4) is 35.4 Å². The lowest BCUT2D eigenvalue weighted by Gasteiger charge is -2.34. The van der Waals surface area contributed by atoms with Gasteiger partial charge in [0.05, 0.1) is 17.5 Å². The molecule has 10 heteroatoms. The van der Waals surface area contributed by atoms with Crippen molar-refractivity contribution in [1.82, 2.24) is 19.9 Å². The van der Waals surface area contributed by atoms with Crippen LogP contribution in [0.15, 0.2) is 36.5 Å². The van der Waals surface area contributed by atoms with Gasteiger partial charge in [-0.2, -0.15) is 9.97 Å². The Balaban J connectivity index is 1.36. The first-order valence-electron chi connectivity index (χ1n) is 16.3. The predicted octanol–water partition coefficient (Wildman–Crippen LogP) is 5.70. The van der Waals surface area contributed by atoms with Crippen molar-refractivity contribution >= 4 is 27.5 Å². The van der Waals surface area contributed by atoms with Gasteiger partial charge >= 0.3 is 6.01 Å². The molecule has 0 amide bonds. The lowest BCUT2D eigenvalue weighted by Crippen LogP contribution is -2.47. The zero-order chi connectivity index (χ0) is 31.7. The molecule has 240 valence electrons. The third-order valence-electron chi connectivity index (χ3n) is 9.97. The molecule has 4 aromatic rings. The van der Waals surface area contributed by atoms with Crippen LogP contribution in [0, 0.1) is 18.2 Å². The highest BCUT2D eigenvalue weighted by Gasteiger charge is 2.49. The molecule has 0 radical (unpaired) electrons. The Bertz CT molecular complexity index is 1790. The number of ether oxygens (including phenoxy) is 3. The summed E-state index contributed by atoms with van der Waals surface area (Å²) in [6, 6.07) is 9.53. The topological polar surface area (TPSA) is 93.1 Å². The zero-order valence-electron chi connectivity index (χ0n) is 26.3. The van der Waals surface area contributed by atoms with E-state index in [0.29, 0.717) is 40.1 Å². The van der Waals surface area contributed by atoms with Gasteiger partial charge in [0, 0.05) is 49.0 Å². The van der Waals surface area contributed by atoms with Crippen LogP contribution in [-0.4, -0.2) is 83.3 Å². The van der Waals surface area contributed by atoms with Crippen molar-refractivity contribution in [3.63, 3.8) is 0 Å². The summed E-state index contributed by atoms with van der Waals surface area (Å²) >= 11 is 0. The molecule has 2 aromatic carbocycles. The molecule has 3 aliphatic heterocycles. The van der Waals surface area contributed by atoms with E-state index in [0.717, 1.165) is 76.4 Å². The average Bonchev–Trinajstić information content (AvgIpc) is 3.53. The molecule has 3 fully saturated rings. The number of hydrogen-bond acceptors (Lipinski definition) is 9. The molecule has 5 heterocycles. The fourth-order valence-electron chi connectivity index (χ4n) is 7.72. The van der Waals surface area contributed by atoms with Crippen LogP contribution in [0.3, 0.4) is 0 Å². The second kappa shape index (κ2) is 13.0. The number of rotatable bonds is 9. The minimum Gasteiger partial charge on any atom is -0.468 e. The van der Waals surface area contributed by atoms with E-state index in [1.54, 1.807) is 19.4 Å². The van der Waals surface area contributed by atoms with Gasteiger partial charge in [0.1, 0.15) is 29.4 Å². The number of terminal acetylenes is 1. The van der Waals surface area contributed by atoms with E-state index in [1.165, 1.54) is 0 Å². The number of aromatic nitrogens is 3. The second-order valence-electron chi connectivity index (χ2n) is 12.7. The van der Waals surface area contributed by atoms with Crippen molar-refractivity contribution in [2.24, 2.45) is 0 Å². The summed E-state index contributed by atoms with van der Waals surface area (Å²) in [7, 11) is 1.55. The first-order valence-corrected chi connectivity index (χ1v) is 16.3. The first kappa shape index (κ1) is 30.6. The monoisotopic (exact) mass is 625 g/mol. The van der Waals surface area contributed by atoms with Gasteiger partial charge in [0.25, 0.3) is 0 Å². The van der Waals surface area contributed by atoms with E-state index < -0.39 is 5.82 Å². The Labute approximate surface area is 268 Å². The number of aliphatic hydroxyl groups is 1. The van der Waals surface area contributed by atoms with Crippen LogP contribution in [-0.2, 0) is 4.74 Å². The molecule has 0 saturated carbocycles. The fraction of sp³-hybridized carbons (Fsp3) is 0.472. The number of nitrogens with zero attached hydrogens (tertiary/aromatic N) is 5. The number of fused-ring (bicyclic) bond motifs is 3. The Kier molecular flexibility index (Phi) is 8.64. The molecular weight excluding hydrogens is 585 g/mol. The highest BCUT2D eigenvalue weighted by atomic mass is 19.1. The smallest absolute Gasteiger partial charge is 0.319 e. The van der Waals surface area contributed by atoms with Crippen molar-refractivity contribution in [1.29, 1.82) is 0 Å². The maximum atomic E-state index is 17.0. The van der Waals surface area contributed by atoms with Crippen LogP contribution in [0.4, 0.5) is 10.2 Å². The van der Waals surface area contributed by atoms with Gasteiger partial charge in [-0.3, -0.25) is 9.88 Å². The predicted molar refractivity (Wildman–Crippen MR) is 176 cm³/mol. The molecule has 0 aliphatic carbocycles. The highest BCUT2D eigenvalue weighted by molar-refractivity contribution is 6.02. The van der Waals surface area contributed by atoms with E-state index >= 15 is 4.39 Å². The summed E-state index contributed by atoms with van der Waals surface area (Å²) in [5.74, 6) is 3.33. The van der Waals surface area contributed by atoms with Gasteiger partial charge in [-0.05, 0) is 68.7 Å². The SMILES string of the molecule is C#Cc1cccc2cc(OCOC)cc(-c3ncc4c(N5CCCCCC5)nc(OCC56CCCN5[C@@H](CO)CC6)nc4c3F)c12. The average molecular weight is 626 g/mol. The van der Waals surface area contributed by atoms with Crippen LogP contribution in [0.1, 0.15) is 56.9 Å². The summed E-state index contributed by atoms with van der Waals surface area (Å²) in [5.41, 5.74) is 1.25. The molecule has 3 aliphatic rings. The summed E-state index contributed by atoms with van der Waals surface area (Å²) in [5, 5.41) is 12.0. The Hall–Kier alpha value is -4.04. The van der Waals surface area contributed by atoms with E-state index in [9.17, 15) is 5.11 Å². The molecule has 0 spiro atoms. The summed E-state index contributed by atoms with van der Waals surface area (Å²) in [6.07, 6.45) is 15.9. The van der Waals surface area contributed by atoms with Gasteiger partial charge < -0.3 is 24.2 Å². The maximum absolute atomic E-state index is 17.0. The van der Waals surface area contributed by atoms with Gasteiger partial charge in [0.2, 0.25) is 0 Å². The molecule has 1 N–H and O–H groups in total. The van der Waals surface area contributed by atoms with Crippen molar-refractivity contribution in [3.05, 3.63) is 47.9 Å². The van der Waals surface area contributed by atoms with Gasteiger partial charge in [-0.1, -0.05) is 30.9 Å². The number of halogens is 1. The van der Waals surface area contributed by atoms with Crippen molar-refractivity contribution in [2.45, 2.75) is 62.9 Å². The normalized spacial score (nSPS) is 21.8. The summed E-state index contributed by atoms with van der Waals surface area (Å²) < 4.78 is 34.3. The van der Waals surface area contributed by atoms with E-state index in [2.05, 4.69) is 15.7 Å². The number of benzene rings is 2. The molecule has 2 aromatic heterocycles. The highest BCUT2D eigenvalue weighted by Crippen LogP contribution is 2.43.